The van der Waals surface area contributed by atoms with Crippen LogP contribution in [0.2, 0.25) is 0 Å². The number of sulfonamides is 1. The van der Waals surface area contributed by atoms with Crippen molar-refractivity contribution in [1.82, 2.24) is 4.72 Å². The standard InChI is InChI=1S/C30H38BNO7S/c1-29(2)21-16-26(29)30(3,33)27(17-21)39-31(34)28(15-20-18-38-25-11-5-4-10-23(20)25)32-40(35,36)22-9-6-8-19(14-22)24-12-7-13-37-24/h4-6,8-11,14,18,21,24,26-28,32-34H,7,12-13,15-17H2,1-3H3/t21-,24?,26-,27+,28-,30-/m0/s1. The summed E-state index contributed by atoms with van der Waals surface area (Å²) in [5.41, 5.74) is 1.10. The Morgan fingerprint density at radius 2 is 1.95 bits per heavy atom. The molecule has 0 amide bonds. The molecule has 4 fully saturated rings. The van der Waals surface area contributed by atoms with Gasteiger partial charge >= 0.3 is 7.12 Å². The molecule has 40 heavy (non-hydrogen) atoms. The molecule has 7 rings (SSSR count). The average molecular weight is 568 g/mol. The second-order valence-corrected chi connectivity index (χ2v) is 14.3. The number of nitrogens with one attached hydrogen (secondary N) is 1. The number of aliphatic hydroxyl groups is 1. The highest BCUT2D eigenvalue weighted by Gasteiger charge is 2.63. The molecule has 0 radical (unpaired) electrons. The number of fused-ring (bicyclic) bond motifs is 3. The van der Waals surface area contributed by atoms with Gasteiger partial charge in [0.05, 0.1) is 34.9 Å². The van der Waals surface area contributed by atoms with Crippen molar-refractivity contribution in [2.75, 3.05) is 6.61 Å². The van der Waals surface area contributed by atoms with Crippen LogP contribution in [0.25, 0.3) is 11.0 Å². The molecule has 1 aromatic heterocycles. The second-order valence-electron chi connectivity index (χ2n) is 12.5. The van der Waals surface area contributed by atoms with Gasteiger partial charge in [-0.3, -0.25) is 0 Å². The third kappa shape index (κ3) is 4.93. The number of rotatable bonds is 9. The maximum absolute atomic E-state index is 13.7. The molecule has 2 aromatic carbocycles. The molecular weight excluding hydrogens is 529 g/mol. The minimum atomic E-state index is -4.04. The van der Waals surface area contributed by atoms with Gasteiger partial charge in [-0.25, -0.2) is 13.1 Å². The van der Waals surface area contributed by atoms with E-state index in [2.05, 4.69) is 18.6 Å². The molecular formula is C30H38BNO7S. The Balaban J connectivity index is 1.27. The van der Waals surface area contributed by atoms with Gasteiger partial charge in [0.1, 0.15) is 5.58 Å². The summed E-state index contributed by atoms with van der Waals surface area (Å²) in [7, 11) is -5.54. The molecule has 0 spiro atoms. The highest BCUT2D eigenvalue weighted by Crippen LogP contribution is 2.63. The first-order valence-electron chi connectivity index (χ1n) is 14.2. The molecule has 1 aliphatic heterocycles. The number of para-hydroxylation sites is 1. The van der Waals surface area contributed by atoms with Gasteiger partial charge in [0.15, 0.2) is 0 Å². The molecule has 6 atom stereocenters. The lowest BCUT2D eigenvalue weighted by Gasteiger charge is -2.65. The quantitative estimate of drug-likeness (QED) is 0.328. The maximum Gasteiger partial charge on any atom is 0.474 e. The zero-order valence-corrected chi connectivity index (χ0v) is 24.1. The highest BCUT2D eigenvalue weighted by atomic mass is 32.2. The Bertz CT molecular complexity index is 1480. The summed E-state index contributed by atoms with van der Waals surface area (Å²) in [5, 5.41) is 23.7. The van der Waals surface area contributed by atoms with Gasteiger partial charge in [-0.2, -0.15) is 0 Å². The lowest BCUT2D eigenvalue weighted by Crippen LogP contribution is -2.68. The first-order chi connectivity index (χ1) is 19.0. The highest BCUT2D eigenvalue weighted by molar-refractivity contribution is 7.89. The van der Waals surface area contributed by atoms with Gasteiger partial charge in [-0.05, 0) is 85.6 Å². The Morgan fingerprint density at radius 3 is 2.67 bits per heavy atom. The van der Waals surface area contributed by atoms with Gasteiger partial charge in [0.2, 0.25) is 10.0 Å². The normalized spacial score (nSPS) is 30.2. The van der Waals surface area contributed by atoms with Gasteiger partial charge in [-0.15, -0.1) is 0 Å². The Labute approximate surface area is 236 Å². The zero-order valence-electron chi connectivity index (χ0n) is 23.2. The van der Waals surface area contributed by atoms with Crippen LogP contribution in [0.3, 0.4) is 0 Å². The molecule has 214 valence electrons. The van der Waals surface area contributed by atoms with E-state index in [0.29, 0.717) is 24.5 Å². The van der Waals surface area contributed by atoms with Gasteiger partial charge in [0.25, 0.3) is 0 Å². The Kier molecular flexibility index (Phi) is 7.16. The molecule has 2 heterocycles. The van der Waals surface area contributed by atoms with Gasteiger partial charge < -0.3 is 23.9 Å². The SMILES string of the molecule is CC1(C)[C@@H]2C[C@@H](OB(O)[C@H](Cc3coc4ccccc34)NS(=O)(=O)c3cccc(C4CCCO4)c3)[C@@](C)(O)[C@H]1C2. The molecule has 2 bridgehead atoms. The van der Waals surface area contributed by atoms with E-state index in [0.717, 1.165) is 35.8 Å². The number of ether oxygens (including phenoxy) is 1. The molecule has 3 aromatic rings. The molecule has 1 saturated heterocycles. The lowest BCUT2D eigenvalue weighted by atomic mass is 9.43. The lowest BCUT2D eigenvalue weighted by molar-refractivity contribution is -0.241. The van der Waals surface area contributed by atoms with Crippen molar-refractivity contribution in [3.05, 3.63) is 65.9 Å². The average Bonchev–Trinajstić information content (AvgIpc) is 3.60. The molecule has 4 aliphatic rings. The predicted octanol–water partition coefficient (Wildman–Crippen LogP) is 4.40. The topological polar surface area (TPSA) is 118 Å². The minimum Gasteiger partial charge on any atom is -0.464 e. The number of hydrogen-bond donors (Lipinski definition) is 3. The summed E-state index contributed by atoms with van der Waals surface area (Å²) in [6.45, 7) is 6.76. The van der Waals surface area contributed by atoms with Crippen LogP contribution in [-0.4, -0.2) is 49.9 Å². The first-order valence-corrected chi connectivity index (χ1v) is 15.7. The van der Waals surface area contributed by atoms with Crippen LogP contribution in [0.15, 0.2) is 64.1 Å². The summed E-state index contributed by atoms with van der Waals surface area (Å²) in [4.78, 5) is 0.0995. The van der Waals surface area contributed by atoms with E-state index in [1.165, 1.54) is 0 Å². The van der Waals surface area contributed by atoms with E-state index in [1.807, 2.05) is 30.3 Å². The van der Waals surface area contributed by atoms with Gasteiger partial charge in [-0.1, -0.05) is 44.2 Å². The van der Waals surface area contributed by atoms with E-state index in [1.54, 1.807) is 31.4 Å². The Morgan fingerprint density at radius 1 is 1.15 bits per heavy atom. The first kappa shape index (κ1) is 27.9. The van der Waals surface area contributed by atoms with Crippen LogP contribution in [-0.2, 0) is 25.8 Å². The van der Waals surface area contributed by atoms with Gasteiger partial charge in [0, 0.05) is 12.0 Å². The van der Waals surface area contributed by atoms with E-state index in [4.69, 9.17) is 13.8 Å². The third-order valence-electron chi connectivity index (χ3n) is 9.75. The molecule has 10 heteroatoms. The number of furan rings is 1. The van der Waals surface area contributed by atoms with Crippen LogP contribution in [0.5, 0.6) is 0 Å². The molecule has 1 unspecified atom stereocenters. The van der Waals surface area contributed by atoms with E-state index < -0.39 is 34.8 Å². The fourth-order valence-electron chi connectivity index (χ4n) is 7.20. The molecule has 3 aliphatic carbocycles. The van der Waals surface area contributed by atoms with Crippen molar-refractivity contribution >= 4 is 28.1 Å². The predicted molar refractivity (Wildman–Crippen MR) is 152 cm³/mol. The van der Waals surface area contributed by atoms with Crippen LogP contribution >= 0.6 is 0 Å². The van der Waals surface area contributed by atoms with E-state index >= 15 is 0 Å². The maximum atomic E-state index is 13.7. The van der Waals surface area contributed by atoms with Crippen LogP contribution in [0.4, 0.5) is 0 Å². The van der Waals surface area contributed by atoms with Crippen LogP contribution in [0, 0.1) is 17.3 Å². The number of benzene rings is 2. The van der Waals surface area contributed by atoms with Crippen LogP contribution in [0.1, 0.15) is 63.7 Å². The minimum absolute atomic E-state index is 0.000933. The fourth-order valence-corrected chi connectivity index (χ4v) is 8.49. The summed E-state index contributed by atoms with van der Waals surface area (Å²) in [5.74, 6) is -0.604. The number of hydrogen-bond acceptors (Lipinski definition) is 7. The Hall–Kier alpha value is -2.21. The van der Waals surface area contributed by atoms with Crippen LogP contribution < -0.4 is 4.72 Å². The summed E-state index contributed by atoms with van der Waals surface area (Å²) >= 11 is 0. The summed E-state index contributed by atoms with van der Waals surface area (Å²) < 4.78 is 47.7. The second kappa shape index (κ2) is 10.3. The zero-order chi connectivity index (χ0) is 28.3. The van der Waals surface area contributed by atoms with Crippen molar-refractivity contribution in [1.29, 1.82) is 0 Å². The third-order valence-corrected chi connectivity index (χ3v) is 11.2. The molecule has 3 N–H and O–H groups in total. The summed E-state index contributed by atoms with van der Waals surface area (Å²) in [6.07, 6.45) is 4.30. The van der Waals surface area contributed by atoms with E-state index in [9.17, 15) is 18.5 Å². The van der Waals surface area contributed by atoms with E-state index in [-0.39, 0.29) is 28.8 Å². The van der Waals surface area contributed by atoms with Crippen molar-refractivity contribution in [2.45, 2.75) is 81.5 Å². The largest absolute Gasteiger partial charge is 0.474 e. The van der Waals surface area contributed by atoms with Crippen molar-refractivity contribution in [3.8, 4) is 0 Å². The molecule has 8 nitrogen and oxygen atoms in total. The van der Waals surface area contributed by atoms with Crippen molar-refractivity contribution in [2.24, 2.45) is 17.3 Å². The molecule has 3 saturated carbocycles. The monoisotopic (exact) mass is 567 g/mol. The summed E-state index contributed by atoms with van der Waals surface area (Å²) in [6, 6.07) is 14.3. The van der Waals surface area contributed by atoms with Crippen molar-refractivity contribution in [3.63, 3.8) is 0 Å². The smallest absolute Gasteiger partial charge is 0.464 e. The fraction of sp³-hybridized carbons (Fsp3) is 0.533. The van der Waals surface area contributed by atoms with Crippen molar-refractivity contribution < 1.29 is 32.4 Å².